The Morgan fingerprint density at radius 3 is 2.81 bits per heavy atom. The van der Waals surface area contributed by atoms with Crippen molar-refractivity contribution in [1.29, 1.82) is 0 Å². The number of sulfonamides is 1. The molecule has 1 unspecified atom stereocenters. The Balaban J connectivity index is 2.45. The molecule has 21 heavy (non-hydrogen) atoms. The molecule has 0 aliphatic carbocycles. The quantitative estimate of drug-likeness (QED) is 0.606. The maximum absolute atomic E-state index is 11.9. The van der Waals surface area contributed by atoms with Gasteiger partial charge in [0.1, 0.15) is 6.04 Å². The largest absolute Gasteiger partial charge is 0.397 e. The molecule has 0 spiro atoms. The van der Waals surface area contributed by atoms with Crippen LogP contribution in [0.1, 0.15) is 0 Å². The van der Waals surface area contributed by atoms with Gasteiger partial charge in [0.2, 0.25) is 15.9 Å². The predicted molar refractivity (Wildman–Crippen MR) is 78.2 cm³/mol. The van der Waals surface area contributed by atoms with E-state index >= 15 is 0 Å². The molecule has 1 aliphatic heterocycles. The van der Waals surface area contributed by atoms with Crippen LogP contribution in [0.4, 0.5) is 11.4 Å². The van der Waals surface area contributed by atoms with Gasteiger partial charge in [-0.15, -0.1) is 0 Å². The minimum atomic E-state index is -3.84. The summed E-state index contributed by atoms with van der Waals surface area (Å²) in [6, 6.07) is 3.61. The highest BCUT2D eigenvalue weighted by atomic mass is 32.2. The Morgan fingerprint density at radius 2 is 2.19 bits per heavy atom. The number of likely N-dealkylation sites (N-methyl/N-ethyl adjacent to an activating group) is 1. The lowest BCUT2D eigenvalue weighted by Gasteiger charge is -2.36. The molecule has 1 saturated heterocycles. The number of amides is 1. The van der Waals surface area contributed by atoms with Gasteiger partial charge < -0.3 is 20.7 Å². The number of ether oxygens (including phenoxy) is 1. The number of nitrogen functional groups attached to an aromatic ring is 1. The summed E-state index contributed by atoms with van der Waals surface area (Å²) >= 11 is 0. The Bertz CT molecular complexity index is 647. The third-order valence-corrected chi connectivity index (χ3v) is 4.23. The van der Waals surface area contributed by atoms with E-state index in [-0.39, 0.29) is 17.4 Å². The number of nitrogens with two attached hydrogens (primary N) is 2. The zero-order valence-electron chi connectivity index (χ0n) is 11.6. The van der Waals surface area contributed by atoms with Gasteiger partial charge in [0.05, 0.1) is 29.5 Å². The number of carbonyl (C=O) groups is 1. The lowest BCUT2D eigenvalue weighted by atomic mass is 10.1. The lowest BCUT2D eigenvalue weighted by Crippen LogP contribution is -2.53. The molecule has 1 fully saturated rings. The van der Waals surface area contributed by atoms with Gasteiger partial charge in [-0.25, -0.2) is 13.6 Å². The molecule has 9 heteroatoms. The summed E-state index contributed by atoms with van der Waals surface area (Å²) in [5.41, 5.74) is 6.75. The number of hydrogen-bond donors (Lipinski definition) is 3. The van der Waals surface area contributed by atoms with E-state index in [1.165, 1.54) is 25.2 Å². The average molecular weight is 314 g/mol. The number of primary sulfonamides is 1. The van der Waals surface area contributed by atoms with Crippen LogP contribution in [0.5, 0.6) is 0 Å². The number of nitrogens with zero attached hydrogens (tertiary/aromatic N) is 1. The first kappa shape index (κ1) is 15.5. The number of nitrogens with one attached hydrogen (secondary N) is 1. The van der Waals surface area contributed by atoms with E-state index in [4.69, 9.17) is 15.6 Å². The van der Waals surface area contributed by atoms with Crippen LogP contribution >= 0.6 is 0 Å². The van der Waals surface area contributed by atoms with Crippen LogP contribution in [-0.4, -0.2) is 47.2 Å². The normalized spacial score (nSPS) is 19.3. The van der Waals surface area contributed by atoms with Crippen LogP contribution in [0.3, 0.4) is 0 Å². The monoisotopic (exact) mass is 314 g/mol. The summed E-state index contributed by atoms with van der Waals surface area (Å²) in [5.74, 6) is -0.227. The molecule has 0 saturated carbocycles. The number of benzene rings is 1. The topological polar surface area (TPSA) is 128 Å². The molecule has 116 valence electrons. The highest BCUT2D eigenvalue weighted by Crippen LogP contribution is 2.29. The molecule has 1 amide bonds. The summed E-state index contributed by atoms with van der Waals surface area (Å²) in [5, 5.41) is 7.69. The molecule has 1 aliphatic rings. The maximum atomic E-state index is 11.9. The van der Waals surface area contributed by atoms with Gasteiger partial charge >= 0.3 is 0 Å². The van der Waals surface area contributed by atoms with Gasteiger partial charge in [0, 0.05) is 13.6 Å². The van der Waals surface area contributed by atoms with Crippen LogP contribution < -0.4 is 21.1 Å². The van der Waals surface area contributed by atoms with Crippen molar-refractivity contribution in [3.8, 4) is 0 Å². The Morgan fingerprint density at radius 1 is 1.48 bits per heavy atom. The number of carbonyl (C=O) groups excluding carboxylic acids is 1. The molecule has 0 bridgehead atoms. The summed E-state index contributed by atoms with van der Waals surface area (Å²) in [7, 11) is -2.31. The second-order valence-corrected chi connectivity index (χ2v) is 6.23. The van der Waals surface area contributed by atoms with E-state index in [9.17, 15) is 13.2 Å². The first-order chi connectivity index (χ1) is 9.84. The van der Waals surface area contributed by atoms with Gasteiger partial charge in [-0.1, -0.05) is 0 Å². The van der Waals surface area contributed by atoms with Crippen molar-refractivity contribution in [2.45, 2.75) is 10.9 Å². The van der Waals surface area contributed by atoms with E-state index in [2.05, 4.69) is 5.32 Å². The van der Waals surface area contributed by atoms with Crippen molar-refractivity contribution < 1.29 is 17.9 Å². The zero-order chi connectivity index (χ0) is 15.6. The highest BCUT2D eigenvalue weighted by Gasteiger charge is 2.30. The lowest BCUT2D eigenvalue weighted by molar-refractivity contribution is -0.124. The van der Waals surface area contributed by atoms with Crippen molar-refractivity contribution in [1.82, 2.24) is 5.32 Å². The fourth-order valence-corrected chi connectivity index (χ4v) is 2.76. The standard InChI is InChI=1S/C12H18N4O4S/c1-15-12(17)11-7-20-5-4-16(11)10-6-8(21(14,18)19)2-3-9(10)13/h2-3,6,11H,4-5,7,13H2,1H3,(H,15,17)(H2,14,18,19). The van der Waals surface area contributed by atoms with E-state index < -0.39 is 16.1 Å². The van der Waals surface area contributed by atoms with Crippen LogP contribution in [-0.2, 0) is 19.6 Å². The van der Waals surface area contributed by atoms with Crippen molar-refractivity contribution in [2.24, 2.45) is 5.14 Å². The van der Waals surface area contributed by atoms with Gasteiger partial charge in [0.25, 0.3) is 0 Å². The van der Waals surface area contributed by atoms with Gasteiger partial charge in [-0.05, 0) is 18.2 Å². The molecule has 2 rings (SSSR count). The number of morpholine rings is 1. The third kappa shape index (κ3) is 3.26. The Labute approximate surface area is 123 Å². The second kappa shape index (κ2) is 5.88. The second-order valence-electron chi connectivity index (χ2n) is 4.66. The minimum Gasteiger partial charge on any atom is -0.397 e. The first-order valence-corrected chi connectivity index (χ1v) is 7.87. The van der Waals surface area contributed by atoms with E-state index in [1.807, 2.05) is 0 Å². The zero-order valence-corrected chi connectivity index (χ0v) is 12.4. The molecule has 8 nitrogen and oxygen atoms in total. The van der Waals surface area contributed by atoms with Gasteiger partial charge in [-0.2, -0.15) is 0 Å². The van der Waals surface area contributed by atoms with Crippen molar-refractivity contribution in [3.05, 3.63) is 18.2 Å². The molecule has 1 atom stereocenters. The van der Waals surface area contributed by atoms with Crippen LogP contribution in [0, 0.1) is 0 Å². The smallest absolute Gasteiger partial charge is 0.244 e. The predicted octanol–water partition coefficient (Wildman–Crippen LogP) is -1.13. The fraction of sp³-hybridized carbons (Fsp3) is 0.417. The van der Waals surface area contributed by atoms with Crippen molar-refractivity contribution in [2.75, 3.05) is 37.4 Å². The number of hydrogen-bond acceptors (Lipinski definition) is 6. The summed E-state index contributed by atoms with van der Waals surface area (Å²) in [6.07, 6.45) is 0. The summed E-state index contributed by atoms with van der Waals surface area (Å²) in [6.45, 7) is 1.06. The molecule has 5 N–H and O–H groups in total. The van der Waals surface area contributed by atoms with Crippen LogP contribution in [0.15, 0.2) is 23.1 Å². The molecule has 0 aromatic heterocycles. The van der Waals surface area contributed by atoms with Crippen molar-refractivity contribution >= 4 is 27.3 Å². The minimum absolute atomic E-state index is 0.0474. The maximum Gasteiger partial charge on any atom is 0.244 e. The number of rotatable bonds is 3. The summed E-state index contributed by atoms with van der Waals surface area (Å²) < 4.78 is 28.2. The molecular weight excluding hydrogens is 296 g/mol. The van der Waals surface area contributed by atoms with Crippen LogP contribution in [0.25, 0.3) is 0 Å². The van der Waals surface area contributed by atoms with Gasteiger partial charge in [0.15, 0.2) is 0 Å². The third-order valence-electron chi connectivity index (χ3n) is 3.32. The summed E-state index contributed by atoms with van der Waals surface area (Å²) in [4.78, 5) is 13.6. The van der Waals surface area contributed by atoms with Crippen LogP contribution in [0.2, 0.25) is 0 Å². The SMILES string of the molecule is CNC(=O)C1COCCN1c1cc(S(N)(=O)=O)ccc1N. The molecule has 0 radical (unpaired) electrons. The van der Waals surface area contributed by atoms with E-state index in [0.29, 0.717) is 24.5 Å². The first-order valence-electron chi connectivity index (χ1n) is 6.33. The molecular formula is C12H18N4O4S. The van der Waals surface area contributed by atoms with E-state index in [0.717, 1.165) is 0 Å². The highest BCUT2D eigenvalue weighted by molar-refractivity contribution is 7.89. The van der Waals surface area contributed by atoms with Gasteiger partial charge in [-0.3, -0.25) is 4.79 Å². The average Bonchev–Trinajstić information content (AvgIpc) is 2.45. The number of anilines is 2. The van der Waals surface area contributed by atoms with Crippen molar-refractivity contribution in [3.63, 3.8) is 0 Å². The fourth-order valence-electron chi connectivity index (χ4n) is 2.23. The Kier molecular flexibility index (Phi) is 4.35. The molecule has 1 aromatic carbocycles. The molecule has 1 heterocycles. The van der Waals surface area contributed by atoms with E-state index in [1.54, 1.807) is 4.90 Å². The molecule has 1 aromatic rings. The Hall–Kier alpha value is -1.84.